The van der Waals surface area contributed by atoms with Crippen LogP contribution in [0.5, 0.6) is 0 Å². The molecule has 0 fully saturated rings. The van der Waals surface area contributed by atoms with Crippen LogP contribution in [0.15, 0.2) is 54.7 Å². The number of benzene rings is 2. The molecule has 8 heteroatoms. The summed E-state index contributed by atoms with van der Waals surface area (Å²) in [6.07, 6.45) is -0.676. The number of halogens is 1. The number of amides is 2. The molecule has 0 aliphatic rings. The SMILES string of the molecule is CC(C)OC(=O)NN(Cc1c(C#Cc2ccc(F)cc2)ccc2cccnc12)C(=O)OC(C)C. The van der Waals surface area contributed by atoms with Crippen LogP contribution in [0.25, 0.3) is 10.9 Å². The number of pyridine rings is 1. The van der Waals surface area contributed by atoms with Crippen LogP contribution in [0.4, 0.5) is 14.0 Å². The van der Waals surface area contributed by atoms with Gasteiger partial charge in [-0.2, -0.15) is 0 Å². The molecule has 34 heavy (non-hydrogen) atoms. The van der Waals surface area contributed by atoms with Crippen molar-refractivity contribution < 1.29 is 23.5 Å². The number of carbonyl (C=O) groups is 2. The molecule has 2 aromatic carbocycles. The Balaban J connectivity index is 2.03. The van der Waals surface area contributed by atoms with Crippen molar-refractivity contribution in [1.29, 1.82) is 0 Å². The Morgan fingerprint density at radius 1 is 1.00 bits per heavy atom. The number of rotatable bonds is 4. The Morgan fingerprint density at radius 3 is 2.38 bits per heavy atom. The third-order valence-corrected chi connectivity index (χ3v) is 4.51. The molecule has 2 amide bonds. The molecule has 0 spiro atoms. The molecule has 0 aliphatic heterocycles. The number of carbonyl (C=O) groups excluding carboxylic acids is 2. The Hall–Kier alpha value is -4.12. The minimum absolute atomic E-state index is 0.0689. The van der Waals surface area contributed by atoms with Crippen LogP contribution >= 0.6 is 0 Å². The van der Waals surface area contributed by atoms with Gasteiger partial charge in [0.05, 0.1) is 24.3 Å². The molecule has 1 aromatic heterocycles. The van der Waals surface area contributed by atoms with Gasteiger partial charge < -0.3 is 9.47 Å². The van der Waals surface area contributed by atoms with Crippen LogP contribution in [0.1, 0.15) is 44.4 Å². The first-order valence-corrected chi connectivity index (χ1v) is 10.8. The summed E-state index contributed by atoms with van der Waals surface area (Å²) < 4.78 is 23.7. The van der Waals surface area contributed by atoms with Gasteiger partial charge >= 0.3 is 12.2 Å². The maximum absolute atomic E-state index is 13.2. The molecule has 3 aromatic rings. The van der Waals surface area contributed by atoms with Gasteiger partial charge in [-0.25, -0.2) is 24.4 Å². The minimum atomic E-state index is -0.789. The molecular formula is C26H26FN3O4. The molecule has 3 rings (SSSR count). The number of ether oxygens (including phenoxy) is 2. The standard InChI is InChI=1S/C26H26FN3O4/c1-17(2)33-25(31)29-30(26(32)34-18(3)4)16-23-20(10-7-19-8-13-22(27)14-9-19)11-12-21-6-5-15-28-24(21)23/h5-6,8-9,11-15,17-18H,16H2,1-4H3,(H,29,31). The lowest BCUT2D eigenvalue weighted by Gasteiger charge is -2.25. The van der Waals surface area contributed by atoms with E-state index < -0.39 is 18.3 Å². The van der Waals surface area contributed by atoms with Crippen molar-refractivity contribution in [2.75, 3.05) is 0 Å². The first kappa shape index (κ1) is 24.5. The van der Waals surface area contributed by atoms with Crippen LogP contribution in [0.3, 0.4) is 0 Å². The predicted octanol–water partition coefficient (Wildman–Crippen LogP) is 5.17. The largest absolute Gasteiger partial charge is 0.446 e. The van der Waals surface area contributed by atoms with Gasteiger partial charge in [-0.05, 0) is 64.1 Å². The Labute approximate surface area is 197 Å². The number of hydrogen-bond donors (Lipinski definition) is 1. The number of hydrazine groups is 1. The average Bonchev–Trinajstić information content (AvgIpc) is 2.78. The number of hydrogen-bond acceptors (Lipinski definition) is 5. The third-order valence-electron chi connectivity index (χ3n) is 4.51. The Kier molecular flexibility index (Phi) is 8.04. The summed E-state index contributed by atoms with van der Waals surface area (Å²) in [6.45, 7) is 6.76. The van der Waals surface area contributed by atoms with E-state index in [9.17, 15) is 14.0 Å². The van der Waals surface area contributed by atoms with E-state index in [1.54, 1.807) is 52.1 Å². The maximum Gasteiger partial charge on any atom is 0.429 e. The molecule has 0 radical (unpaired) electrons. The molecule has 1 heterocycles. The van der Waals surface area contributed by atoms with E-state index in [0.717, 1.165) is 10.4 Å². The molecule has 0 bridgehead atoms. The van der Waals surface area contributed by atoms with Gasteiger partial charge in [0.1, 0.15) is 5.82 Å². The van der Waals surface area contributed by atoms with Crippen molar-refractivity contribution in [2.45, 2.75) is 46.4 Å². The van der Waals surface area contributed by atoms with E-state index in [-0.39, 0.29) is 18.5 Å². The summed E-state index contributed by atoms with van der Waals surface area (Å²) in [5.74, 6) is 5.73. The predicted molar refractivity (Wildman–Crippen MR) is 126 cm³/mol. The minimum Gasteiger partial charge on any atom is -0.446 e. The smallest absolute Gasteiger partial charge is 0.429 e. The van der Waals surface area contributed by atoms with Gasteiger partial charge in [0.25, 0.3) is 0 Å². The lowest BCUT2D eigenvalue weighted by molar-refractivity contribution is 0.0445. The summed E-state index contributed by atoms with van der Waals surface area (Å²) in [5.41, 5.74) is 4.91. The zero-order chi connectivity index (χ0) is 24.7. The lowest BCUT2D eigenvalue weighted by Crippen LogP contribution is -2.47. The average molecular weight is 464 g/mol. The molecule has 7 nitrogen and oxygen atoms in total. The summed E-state index contributed by atoms with van der Waals surface area (Å²) in [5, 5.41) is 1.88. The van der Waals surface area contributed by atoms with Crippen LogP contribution in [0.2, 0.25) is 0 Å². The summed E-state index contributed by atoms with van der Waals surface area (Å²) in [4.78, 5) is 29.5. The summed E-state index contributed by atoms with van der Waals surface area (Å²) >= 11 is 0. The molecule has 1 N–H and O–H groups in total. The Bertz CT molecular complexity index is 1230. The molecular weight excluding hydrogens is 437 g/mol. The number of nitrogens with zero attached hydrogens (tertiary/aromatic N) is 2. The quantitative estimate of drug-likeness (QED) is 0.427. The first-order chi connectivity index (χ1) is 16.2. The highest BCUT2D eigenvalue weighted by Gasteiger charge is 2.23. The Morgan fingerprint density at radius 2 is 1.71 bits per heavy atom. The maximum atomic E-state index is 13.2. The summed E-state index contributed by atoms with van der Waals surface area (Å²) in [6, 6.07) is 13.2. The van der Waals surface area contributed by atoms with Crippen molar-refractivity contribution >= 4 is 23.1 Å². The fourth-order valence-corrected chi connectivity index (χ4v) is 3.08. The highest BCUT2D eigenvalue weighted by Crippen LogP contribution is 2.22. The number of aromatic nitrogens is 1. The van der Waals surface area contributed by atoms with Gasteiger partial charge in [-0.3, -0.25) is 4.98 Å². The van der Waals surface area contributed by atoms with E-state index >= 15 is 0 Å². The van der Waals surface area contributed by atoms with E-state index in [1.807, 2.05) is 18.2 Å². The van der Waals surface area contributed by atoms with Crippen molar-refractivity contribution in [1.82, 2.24) is 15.4 Å². The normalized spacial score (nSPS) is 10.6. The van der Waals surface area contributed by atoms with E-state index in [0.29, 0.717) is 22.2 Å². The van der Waals surface area contributed by atoms with Crippen LogP contribution in [-0.4, -0.2) is 34.4 Å². The first-order valence-electron chi connectivity index (χ1n) is 10.8. The second kappa shape index (κ2) is 11.1. The van der Waals surface area contributed by atoms with Gasteiger partial charge in [0.15, 0.2) is 0 Å². The highest BCUT2D eigenvalue weighted by molar-refractivity contribution is 5.84. The van der Waals surface area contributed by atoms with Crippen molar-refractivity contribution in [2.24, 2.45) is 0 Å². The summed E-state index contributed by atoms with van der Waals surface area (Å²) in [7, 11) is 0. The van der Waals surface area contributed by atoms with Crippen LogP contribution < -0.4 is 5.43 Å². The fraction of sp³-hybridized carbons (Fsp3) is 0.269. The molecule has 0 saturated heterocycles. The fourth-order valence-electron chi connectivity index (χ4n) is 3.08. The van der Waals surface area contributed by atoms with E-state index in [4.69, 9.17) is 9.47 Å². The second-order valence-electron chi connectivity index (χ2n) is 8.01. The monoisotopic (exact) mass is 463 g/mol. The van der Waals surface area contributed by atoms with Crippen LogP contribution in [-0.2, 0) is 16.0 Å². The zero-order valence-electron chi connectivity index (χ0n) is 19.5. The molecule has 0 atom stereocenters. The van der Waals surface area contributed by atoms with Crippen LogP contribution in [0, 0.1) is 17.7 Å². The van der Waals surface area contributed by atoms with Gasteiger partial charge in [-0.15, -0.1) is 0 Å². The number of fused-ring (bicyclic) bond motifs is 1. The van der Waals surface area contributed by atoms with E-state index in [2.05, 4.69) is 22.3 Å². The topological polar surface area (TPSA) is 80.8 Å². The third kappa shape index (κ3) is 6.69. The van der Waals surface area contributed by atoms with E-state index in [1.165, 1.54) is 12.1 Å². The van der Waals surface area contributed by atoms with Gasteiger partial charge in [0.2, 0.25) is 0 Å². The second-order valence-corrected chi connectivity index (χ2v) is 8.01. The van der Waals surface area contributed by atoms with Crippen molar-refractivity contribution in [3.63, 3.8) is 0 Å². The molecule has 0 aliphatic carbocycles. The molecule has 0 saturated carbocycles. The van der Waals surface area contributed by atoms with Crippen molar-refractivity contribution in [3.05, 3.63) is 77.2 Å². The van der Waals surface area contributed by atoms with Crippen molar-refractivity contribution in [3.8, 4) is 11.8 Å². The molecule has 176 valence electrons. The number of nitrogens with one attached hydrogen (secondary N) is 1. The van der Waals surface area contributed by atoms with Gasteiger partial charge in [-0.1, -0.05) is 24.0 Å². The van der Waals surface area contributed by atoms with Gasteiger partial charge in [0, 0.05) is 28.3 Å². The highest BCUT2D eigenvalue weighted by atomic mass is 19.1. The lowest BCUT2D eigenvalue weighted by atomic mass is 10.0. The zero-order valence-corrected chi connectivity index (χ0v) is 19.5. The molecule has 0 unspecified atom stereocenters.